The molecule has 0 amide bonds. The third-order valence-corrected chi connectivity index (χ3v) is 7.19. The van der Waals surface area contributed by atoms with E-state index < -0.39 is 23.2 Å². The van der Waals surface area contributed by atoms with Gasteiger partial charge in [-0.2, -0.15) is 0 Å². The van der Waals surface area contributed by atoms with Crippen LogP contribution in [-0.2, 0) is 4.74 Å². The van der Waals surface area contributed by atoms with Gasteiger partial charge in [0.1, 0.15) is 11.1 Å². The van der Waals surface area contributed by atoms with Crippen LogP contribution in [0.15, 0.2) is 39.6 Å². The molecule has 42 heavy (non-hydrogen) atoms. The molecule has 0 bridgehead atoms. The molecule has 0 fully saturated rings. The first-order chi connectivity index (χ1) is 20.2. The number of methoxy groups -OCH3 is 6. The molecule has 1 atom stereocenters. The summed E-state index contributed by atoms with van der Waals surface area (Å²) >= 11 is 0. The molecule has 216 valence electrons. The van der Waals surface area contributed by atoms with E-state index in [1.54, 1.807) is 24.3 Å². The van der Waals surface area contributed by atoms with E-state index in [4.69, 9.17) is 37.6 Å². The zero-order valence-electron chi connectivity index (χ0n) is 23.4. The molecular formula is C30H24O12. The topological polar surface area (TPSA) is 138 Å². The number of hydrogen-bond acceptors (Lipinski definition) is 12. The molecule has 3 aromatic carbocycles. The minimum Gasteiger partial charge on any atom is -0.496 e. The molecule has 6 rings (SSSR count). The summed E-state index contributed by atoms with van der Waals surface area (Å²) in [6.07, 6.45) is 3.06. The van der Waals surface area contributed by atoms with Gasteiger partial charge in [-0.15, -0.1) is 0 Å². The van der Waals surface area contributed by atoms with E-state index in [1.807, 2.05) is 0 Å². The van der Waals surface area contributed by atoms with Crippen molar-refractivity contribution in [3.63, 3.8) is 0 Å². The van der Waals surface area contributed by atoms with Crippen LogP contribution in [0.4, 0.5) is 0 Å². The number of ketones is 1. The number of Topliss-reactive ketones (excluding diaryl/α,β-unsaturated/α-hetero) is 1. The predicted molar refractivity (Wildman–Crippen MR) is 148 cm³/mol. The molecule has 12 nitrogen and oxygen atoms in total. The van der Waals surface area contributed by atoms with E-state index in [2.05, 4.69) is 4.74 Å². The minimum atomic E-state index is -1.96. The van der Waals surface area contributed by atoms with Crippen LogP contribution in [0.25, 0.3) is 27.6 Å². The first kappa shape index (κ1) is 26.8. The molecule has 1 unspecified atom stereocenters. The molecule has 0 aliphatic carbocycles. The van der Waals surface area contributed by atoms with Crippen LogP contribution < -0.4 is 38.8 Å². The highest BCUT2D eigenvalue weighted by Gasteiger charge is 2.53. The molecule has 1 spiro atoms. The second-order valence-corrected chi connectivity index (χ2v) is 9.24. The van der Waals surface area contributed by atoms with Gasteiger partial charge in [0, 0.05) is 23.1 Å². The zero-order valence-corrected chi connectivity index (χ0v) is 23.4. The molecule has 0 saturated heterocycles. The SMILES string of the molecule is COC(=O)c1cc2cc3c(c(OC)c2c(=O)o1)OC1(C=C3)Oc2c(cc3c(OC)cc(OC)c(OC)c3c2OC)C1=O. The van der Waals surface area contributed by atoms with E-state index in [0.29, 0.717) is 39.0 Å². The Morgan fingerprint density at radius 1 is 0.738 bits per heavy atom. The molecule has 3 heterocycles. The van der Waals surface area contributed by atoms with Gasteiger partial charge in [-0.1, -0.05) is 0 Å². The maximum absolute atomic E-state index is 14.0. The van der Waals surface area contributed by atoms with Crippen molar-refractivity contribution in [2.24, 2.45) is 0 Å². The lowest BCUT2D eigenvalue weighted by molar-refractivity contribution is -0.0353. The summed E-state index contributed by atoms with van der Waals surface area (Å²) in [6.45, 7) is 0. The lowest BCUT2D eigenvalue weighted by Gasteiger charge is -2.30. The number of carbonyl (C=O) groups is 2. The molecule has 12 heteroatoms. The van der Waals surface area contributed by atoms with Gasteiger partial charge in [0.2, 0.25) is 5.76 Å². The largest absolute Gasteiger partial charge is 0.496 e. The molecular weight excluding hydrogens is 552 g/mol. The quantitative estimate of drug-likeness (QED) is 0.305. The summed E-state index contributed by atoms with van der Waals surface area (Å²) in [4.78, 5) is 39.0. The number of hydrogen-bond donors (Lipinski definition) is 0. The summed E-state index contributed by atoms with van der Waals surface area (Å²) < 4.78 is 50.4. The first-order valence-electron chi connectivity index (χ1n) is 12.5. The Hall–Kier alpha value is -5.39. The smallest absolute Gasteiger partial charge is 0.374 e. The lowest BCUT2D eigenvalue weighted by atomic mass is 9.96. The fourth-order valence-corrected chi connectivity index (χ4v) is 5.33. The first-order valence-corrected chi connectivity index (χ1v) is 12.5. The van der Waals surface area contributed by atoms with Crippen LogP contribution in [0.1, 0.15) is 26.5 Å². The Morgan fingerprint density at radius 3 is 2.05 bits per heavy atom. The van der Waals surface area contributed by atoms with Crippen molar-refractivity contribution in [3.05, 3.63) is 57.6 Å². The number of ether oxygens (including phenoxy) is 8. The van der Waals surface area contributed by atoms with Gasteiger partial charge in [0.15, 0.2) is 34.5 Å². The number of rotatable bonds is 6. The second-order valence-electron chi connectivity index (χ2n) is 9.24. The van der Waals surface area contributed by atoms with E-state index in [-0.39, 0.29) is 39.7 Å². The van der Waals surface area contributed by atoms with Gasteiger partial charge in [-0.25, -0.2) is 9.59 Å². The van der Waals surface area contributed by atoms with Crippen LogP contribution in [0.3, 0.4) is 0 Å². The van der Waals surface area contributed by atoms with Gasteiger partial charge in [0.05, 0.1) is 53.6 Å². The minimum absolute atomic E-state index is 0.00204. The number of carbonyl (C=O) groups excluding carboxylic acids is 2. The van der Waals surface area contributed by atoms with Gasteiger partial charge in [0.25, 0.3) is 5.78 Å². The maximum atomic E-state index is 14.0. The van der Waals surface area contributed by atoms with E-state index in [1.165, 1.54) is 54.8 Å². The highest BCUT2D eigenvalue weighted by Crippen LogP contribution is 2.55. The normalized spacial score (nSPS) is 16.5. The van der Waals surface area contributed by atoms with Gasteiger partial charge in [-0.3, -0.25) is 4.79 Å². The van der Waals surface area contributed by atoms with Crippen molar-refractivity contribution < 1.29 is 51.9 Å². The Labute approximate surface area is 237 Å². The number of fused-ring (bicyclic) bond motifs is 4. The van der Waals surface area contributed by atoms with Gasteiger partial charge < -0.3 is 42.3 Å². The molecule has 2 aliphatic heterocycles. The van der Waals surface area contributed by atoms with Crippen molar-refractivity contribution in [2.75, 3.05) is 42.7 Å². The van der Waals surface area contributed by atoms with Crippen LogP contribution in [0.5, 0.6) is 40.2 Å². The monoisotopic (exact) mass is 576 g/mol. The van der Waals surface area contributed by atoms with Crippen molar-refractivity contribution in [1.82, 2.24) is 0 Å². The summed E-state index contributed by atoms with van der Waals surface area (Å²) in [5.41, 5.74) is -0.230. The van der Waals surface area contributed by atoms with Crippen molar-refractivity contribution in [1.29, 1.82) is 0 Å². The Kier molecular flexibility index (Phi) is 6.14. The second kappa shape index (κ2) is 9.61. The maximum Gasteiger partial charge on any atom is 0.374 e. The molecule has 0 radical (unpaired) electrons. The molecule has 4 aromatic rings. The van der Waals surface area contributed by atoms with Crippen LogP contribution in [0.2, 0.25) is 0 Å². The zero-order chi connectivity index (χ0) is 29.9. The average molecular weight is 577 g/mol. The predicted octanol–water partition coefficient (Wildman–Crippen LogP) is 4.15. The summed E-state index contributed by atoms with van der Waals surface area (Å²) in [5, 5.41) is 1.32. The molecule has 0 saturated carbocycles. The standard InChI is InChI=1S/C30H24O12/c1-34-17-12-18(35-2)24(36-3)21-15(17)11-16-23(26(21)38-5)42-30(27(16)31)8-7-13-9-14-10-19(28(32)39-6)40-29(33)20(14)25(37-4)22(13)41-30/h7-12H,1-6H3. The third-order valence-electron chi connectivity index (χ3n) is 7.19. The molecule has 1 aromatic heterocycles. The molecule has 2 aliphatic rings. The number of esters is 1. The van der Waals surface area contributed by atoms with Crippen molar-refractivity contribution in [2.45, 2.75) is 5.79 Å². The lowest BCUT2D eigenvalue weighted by Crippen LogP contribution is -2.45. The van der Waals surface area contributed by atoms with E-state index in [9.17, 15) is 14.4 Å². The highest BCUT2D eigenvalue weighted by atomic mass is 16.7. The van der Waals surface area contributed by atoms with Crippen molar-refractivity contribution in [3.8, 4) is 40.2 Å². The van der Waals surface area contributed by atoms with Crippen molar-refractivity contribution >= 4 is 39.4 Å². The summed E-state index contributed by atoms with van der Waals surface area (Å²) in [7, 11) is 8.41. The Bertz CT molecular complexity index is 1920. The van der Waals surface area contributed by atoms with Gasteiger partial charge in [-0.05, 0) is 29.7 Å². The Balaban J connectivity index is 1.55. The summed E-state index contributed by atoms with van der Waals surface area (Å²) in [5.74, 6) is -2.08. The van der Waals surface area contributed by atoms with E-state index in [0.717, 1.165) is 0 Å². The van der Waals surface area contributed by atoms with Crippen LogP contribution >= 0.6 is 0 Å². The number of benzene rings is 3. The fourth-order valence-electron chi connectivity index (χ4n) is 5.33. The third kappa shape index (κ3) is 3.57. The highest BCUT2D eigenvalue weighted by molar-refractivity contribution is 6.15. The molecule has 0 N–H and O–H groups in total. The van der Waals surface area contributed by atoms with E-state index >= 15 is 0 Å². The summed E-state index contributed by atoms with van der Waals surface area (Å²) in [6, 6.07) is 6.22. The average Bonchev–Trinajstić information content (AvgIpc) is 3.27. The Morgan fingerprint density at radius 2 is 1.40 bits per heavy atom. The van der Waals surface area contributed by atoms with Crippen LogP contribution in [0, 0.1) is 0 Å². The fraction of sp³-hybridized carbons (Fsp3) is 0.233. The van der Waals surface area contributed by atoms with Gasteiger partial charge >= 0.3 is 17.4 Å². The van der Waals surface area contributed by atoms with Crippen LogP contribution in [-0.4, -0.2) is 60.2 Å².